The predicted octanol–water partition coefficient (Wildman–Crippen LogP) is 1.75. The second kappa shape index (κ2) is 9.10. The van der Waals surface area contributed by atoms with E-state index in [-0.39, 0.29) is 30.6 Å². The van der Waals surface area contributed by atoms with Gasteiger partial charge in [0.1, 0.15) is 18.2 Å². The Balaban J connectivity index is 0. The highest BCUT2D eigenvalue weighted by molar-refractivity contribution is 5.94. The summed E-state index contributed by atoms with van der Waals surface area (Å²) in [5.74, 6) is 0.886. The summed E-state index contributed by atoms with van der Waals surface area (Å²) in [4.78, 5) is 2.06. The minimum atomic E-state index is 0. The summed E-state index contributed by atoms with van der Waals surface area (Å²) in [5, 5.41) is 7.23. The molecule has 0 saturated carbocycles. The maximum Gasteiger partial charge on any atom is 0.122 e. The van der Waals surface area contributed by atoms with Crippen LogP contribution in [0.4, 0.5) is 0 Å². The molecule has 0 fully saturated rings. The van der Waals surface area contributed by atoms with Gasteiger partial charge in [-0.3, -0.25) is 5.41 Å². The van der Waals surface area contributed by atoms with Crippen LogP contribution in [0.5, 0.6) is 5.75 Å². The van der Waals surface area contributed by atoms with E-state index in [1.165, 1.54) is 0 Å². The Kier molecular flexibility index (Phi) is 9.85. The molecule has 0 aliphatic heterocycles. The van der Waals surface area contributed by atoms with Crippen molar-refractivity contribution in [1.82, 2.24) is 4.90 Å². The van der Waals surface area contributed by atoms with Crippen molar-refractivity contribution in [2.45, 2.75) is 0 Å². The number of amidine groups is 1. The molecule has 0 aliphatic rings. The van der Waals surface area contributed by atoms with Crippen molar-refractivity contribution in [3.63, 3.8) is 0 Å². The van der Waals surface area contributed by atoms with Crippen molar-refractivity contribution >= 4 is 30.6 Å². The van der Waals surface area contributed by atoms with Crippen LogP contribution in [0.15, 0.2) is 24.3 Å². The fourth-order valence-electron chi connectivity index (χ4n) is 1.08. The van der Waals surface area contributed by atoms with Crippen molar-refractivity contribution in [3.05, 3.63) is 29.8 Å². The maximum atomic E-state index is 7.23. The summed E-state index contributed by atoms with van der Waals surface area (Å²) in [6, 6.07) is 7.22. The van der Waals surface area contributed by atoms with Crippen LogP contribution in [-0.4, -0.2) is 38.0 Å². The average Bonchev–Trinajstić information content (AvgIpc) is 2.18. The predicted molar refractivity (Wildman–Crippen MR) is 76.0 cm³/mol. The summed E-state index contributed by atoms with van der Waals surface area (Å²) >= 11 is 0. The minimum absolute atomic E-state index is 0. The lowest BCUT2D eigenvalue weighted by Crippen LogP contribution is -2.19. The van der Waals surface area contributed by atoms with Crippen molar-refractivity contribution in [3.8, 4) is 5.75 Å². The lowest BCUT2D eigenvalue weighted by molar-refractivity contribution is 0.261. The number of halogens is 2. The van der Waals surface area contributed by atoms with E-state index in [0.29, 0.717) is 6.61 Å². The van der Waals surface area contributed by atoms with E-state index in [1.807, 2.05) is 26.2 Å². The first-order valence-electron chi connectivity index (χ1n) is 4.81. The summed E-state index contributed by atoms with van der Waals surface area (Å²) < 4.78 is 5.50. The van der Waals surface area contributed by atoms with Gasteiger partial charge in [0, 0.05) is 12.1 Å². The molecule has 0 heterocycles. The molecule has 0 aromatic heterocycles. The van der Waals surface area contributed by atoms with E-state index in [9.17, 15) is 0 Å². The fraction of sp³-hybridized carbons (Fsp3) is 0.364. The zero-order valence-electron chi connectivity index (χ0n) is 9.97. The van der Waals surface area contributed by atoms with E-state index in [4.69, 9.17) is 15.9 Å². The first kappa shape index (κ1) is 18.4. The molecule has 1 aromatic rings. The topological polar surface area (TPSA) is 62.3 Å². The second-order valence-corrected chi connectivity index (χ2v) is 3.59. The SMILES string of the molecule is CN(C)CCOc1ccc(C(=N)N)cc1.Cl.Cl. The van der Waals surface area contributed by atoms with Gasteiger partial charge in [-0.05, 0) is 38.4 Å². The number of hydrogen-bond acceptors (Lipinski definition) is 3. The molecule has 1 rings (SSSR count). The highest BCUT2D eigenvalue weighted by atomic mass is 35.5. The van der Waals surface area contributed by atoms with Crippen LogP contribution < -0.4 is 10.5 Å². The Morgan fingerprint density at radius 2 is 1.76 bits per heavy atom. The number of likely N-dealkylation sites (N-methyl/N-ethyl adjacent to an activating group) is 1. The monoisotopic (exact) mass is 279 g/mol. The molecule has 0 saturated heterocycles. The quantitative estimate of drug-likeness (QED) is 0.638. The molecule has 17 heavy (non-hydrogen) atoms. The van der Waals surface area contributed by atoms with Gasteiger partial charge in [-0.15, -0.1) is 24.8 Å². The van der Waals surface area contributed by atoms with Crippen molar-refractivity contribution in [2.24, 2.45) is 5.73 Å². The molecule has 6 heteroatoms. The Hall–Kier alpha value is -0.970. The normalized spacial score (nSPS) is 9.12. The fourth-order valence-corrected chi connectivity index (χ4v) is 1.08. The van der Waals surface area contributed by atoms with E-state index >= 15 is 0 Å². The zero-order chi connectivity index (χ0) is 11.3. The summed E-state index contributed by atoms with van der Waals surface area (Å²) in [6.07, 6.45) is 0. The minimum Gasteiger partial charge on any atom is -0.492 e. The van der Waals surface area contributed by atoms with Gasteiger partial charge < -0.3 is 15.4 Å². The third-order valence-electron chi connectivity index (χ3n) is 1.97. The maximum absolute atomic E-state index is 7.23. The number of ether oxygens (including phenoxy) is 1. The highest BCUT2D eigenvalue weighted by Gasteiger charge is 1.97. The molecule has 4 nitrogen and oxygen atoms in total. The Morgan fingerprint density at radius 3 is 2.18 bits per heavy atom. The van der Waals surface area contributed by atoms with Crippen molar-refractivity contribution in [1.29, 1.82) is 5.41 Å². The van der Waals surface area contributed by atoms with Crippen molar-refractivity contribution < 1.29 is 4.74 Å². The summed E-state index contributed by atoms with van der Waals surface area (Å²) in [6.45, 7) is 1.54. The van der Waals surface area contributed by atoms with Gasteiger partial charge in [-0.25, -0.2) is 0 Å². The third kappa shape index (κ3) is 7.05. The lowest BCUT2D eigenvalue weighted by Gasteiger charge is -2.11. The average molecular weight is 280 g/mol. The molecule has 0 bridgehead atoms. The van der Waals surface area contributed by atoms with Gasteiger partial charge in [0.05, 0.1) is 0 Å². The molecule has 1 aromatic carbocycles. The van der Waals surface area contributed by atoms with Crippen LogP contribution in [0.1, 0.15) is 5.56 Å². The number of nitrogen functional groups attached to an aromatic ring is 1. The smallest absolute Gasteiger partial charge is 0.122 e. The Bertz CT molecular complexity index is 328. The van der Waals surface area contributed by atoms with Gasteiger partial charge in [-0.1, -0.05) is 0 Å². The number of rotatable bonds is 5. The Morgan fingerprint density at radius 1 is 1.24 bits per heavy atom. The number of hydrogen-bond donors (Lipinski definition) is 2. The molecule has 0 unspecified atom stereocenters. The van der Waals surface area contributed by atoms with Gasteiger partial charge in [-0.2, -0.15) is 0 Å². The van der Waals surface area contributed by atoms with E-state index < -0.39 is 0 Å². The molecule has 0 atom stereocenters. The molecule has 0 spiro atoms. The van der Waals surface area contributed by atoms with Crippen LogP contribution in [-0.2, 0) is 0 Å². The van der Waals surface area contributed by atoms with Gasteiger partial charge >= 0.3 is 0 Å². The van der Waals surface area contributed by atoms with Crippen LogP contribution in [0.25, 0.3) is 0 Å². The number of nitrogens with two attached hydrogens (primary N) is 1. The van der Waals surface area contributed by atoms with Gasteiger partial charge in [0.15, 0.2) is 0 Å². The summed E-state index contributed by atoms with van der Waals surface area (Å²) in [7, 11) is 4.00. The molecule has 3 N–H and O–H groups in total. The largest absolute Gasteiger partial charge is 0.492 e. The Labute approximate surface area is 114 Å². The lowest BCUT2D eigenvalue weighted by atomic mass is 10.2. The molecule has 0 radical (unpaired) electrons. The second-order valence-electron chi connectivity index (χ2n) is 3.59. The molecule has 0 aliphatic carbocycles. The number of benzene rings is 1. The first-order valence-corrected chi connectivity index (χ1v) is 4.81. The van der Waals surface area contributed by atoms with Crippen LogP contribution >= 0.6 is 24.8 Å². The van der Waals surface area contributed by atoms with E-state index in [0.717, 1.165) is 17.9 Å². The van der Waals surface area contributed by atoms with E-state index in [1.54, 1.807) is 12.1 Å². The molecule has 98 valence electrons. The van der Waals surface area contributed by atoms with E-state index in [2.05, 4.69) is 4.90 Å². The zero-order valence-corrected chi connectivity index (χ0v) is 11.6. The van der Waals surface area contributed by atoms with Crippen molar-refractivity contribution in [2.75, 3.05) is 27.2 Å². The molecular weight excluding hydrogens is 261 g/mol. The van der Waals surface area contributed by atoms with Crippen LogP contribution in [0.2, 0.25) is 0 Å². The van der Waals surface area contributed by atoms with Crippen LogP contribution in [0.3, 0.4) is 0 Å². The first-order chi connectivity index (χ1) is 7.09. The van der Waals surface area contributed by atoms with Gasteiger partial charge in [0.2, 0.25) is 0 Å². The third-order valence-corrected chi connectivity index (χ3v) is 1.97. The number of nitrogens with zero attached hydrogens (tertiary/aromatic N) is 1. The molecular formula is C11H19Cl2N3O. The molecule has 0 amide bonds. The summed E-state index contributed by atoms with van der Waals surface area (Å²) in [5.41, 5.74) is 6.06. The standard InChI is InChI=1S/C11H17N3O.2ClH/c1-14(2)7-8-15-10-5-3-9(4-6-10)11(12)13;;/h3-6H,7-8H2,1-2H3,(H3,12,13);2*1H. The van der Waals surface area contributed by atoms with Crippen LogP contribution in [0, 0.1) is 5.41 Å². The number of nitrogens with one attached hydrogen (secondary N) is 1. The highest BCUT2D eigenvalue weighted by Crippen LogP contribution is 2.11. The van der Waals surface area contributed by atoms with Gasteiger partial charge in [0.25, 0.3) is 0 Å².